The average molecular weight is 411 g/mol. The lowest BCUT2D eigenvalue weighted by Crippen LogP contribution is -2.57. The lowest BCUT2D eigenvalue weighted by atomic mass is 9.94. The van der Waals surface area contributed by atoms with E-state index in [4.69, 9.17) is 11.2 Å². The van der Waals surface area contributed by atoms with E-state index in [1.165, 1.54) is 12.0 Å². The van der Waals surface area contributed by atoms with Crippen molar-refractivity contribution in [3.63, 3.8) is 0 Å². The molecule has 0 radical (unpaired) electrons. The number of carbonyl (C=O) groups excluding carboxylic acids is 3. The van der Waals surface area contributed by atoms with Crippen molar-refractivity contribution in [2.75, 3.05) is 14.2 Å². The van der Waals surface area contributed by atoms with Gasteiger partial charge in [-0.2, -0.15) is 0 Å². The van der Waals surface area contributed by atoms with Gasteiger partial charge in [-0.15, -0.1) is 12.3 Å². The van der Waals surface area contributed by atoms with E-state index in [1.807, 2.05) is 27.7 Å². The molecule has 29 heavy (non-hydrogen) atoms. The molecule has 2 amide bonds. The summed E-state index contributed by atoms with van der Waals surface area (Å²) in [5.41, 5.74) is 0. The average Bonchev–Trinajstić information content (AvgIpc) is 2.69. The van der Waals surface area contributed by atoms with Gasteiger partial charge in [0.05, 0.1) is 19.1 Å². The first kappa shape index (κ1) is 26.9. The second-order valence-corrected chi connectivity index (χ2v) is 7.99. The van der Waals surface area contributed by atoms with Gasteiger partial charge in [0.25, 0.3) is 0 Å². The zero-order chi connectivity index (χ0) is 22.7. The molecule has 0 aromatic heterocycles. The molecule has 0 heterocycles. The molecule has 0 fully saturated rings. The summed E-state index contributed by atoms with van der Waals surface area (Å²) in [6.07, 6.45) is 6.64. The molecule has 0 aromatic rings. The van der Waals surface area contributed by atoms with Crippen LogP contribution in [0.3, 0.4) is 0 Å². The van der Waals surface area contributed by atoms with Gasteiger partial charge in [0, 0.05) is 13.5 Å². The van der Waals surface area contributed by atoms with Crippen molar-refractivity contribution >= 4 is 17.8 Å². The van der Waals surface area contributed by atoms with E-state index in [0.717, 1.165) is 0 Å². The van der Waals surface area contributed by atoms with Crippen molar-refractivity contribution in [2.24, 2.45) is 17.8 Å². The molecule has 0 aliphatic carbocycles. The fourth-order valence-electron chi connectivity index (χ4n) is 3.11. The number of nitrogens with zero attached hydrogens (tertiary/aromatic N) is 1. The highest BCUT2D eigenvalue weighted by Crippen LogP contribution is 2.19. The predicted octanol–water partition coefficient (Wildman–Crippen LogP) is 1.97. The Morgan fingerprint density at radius 3 is 2.24 bits per heavy atom. The number of terminal acetylenes is 1. The van der Waals surface area contributed by atoms with Gasteiger partial charge in [0.2, 0.25) is 11.8 Å². The smallest absolute Gasteiger partial charge is 0.328 e. The largest absolute Gasteiger partial charge is 0.467 e. The Kier molecular flexibility index (Phi) is 12.3. The van der Waals surface area contributed by atoms with Crippen LogP contribution in [0.1, 0.15) is 60.3 Å². The third-order valence-corrected chi connectivity index (χ3v) is 5.43. The lowest BCUT2D eigenvalue weighted by Gasteiger charge is -2.34. The molecule has 0 spiro atoms. The highest BCUT2D eigenvalue weighted by atomic mass is 16.5. The Hall–Kier alpha value is -2.07. The fraction of sp³-hybridized carbons (Fsp3) is 0.773. The first-order chi connectivity index (χ1) is 13.5. The molecule has 0 aromatic carbocycles. The van der Waals surface area contributed by atoms with Crippen LogP contribution in [-0.4, -0.2) is 60.1 Å². The van der Waals surface area contributed by atoms with E-state index < -0.39 is 36.0 Å². The maximum Gasteiger partial charge on any atom is 0.328 e. The number of nitrogens with one attached hydrogen (secondary N) is 1. The monoisotopic (exact) mass is 410 g/mol. The lowest BCUT2D eigenvalue weighted by molar-refractivity contribution is -0.155. The molecular formula is C22H38N2O5. The van der Waals surface area contributed by atoms with Gasteiger partial charge in [-0.3, -0.25) is 9.59 Å². The number of carbonyl (C=O) groups is 3. The maximum absolute atomic E-state index is 13.1. The van der Waals surface area contributed by atoms with E-state index in [9.17, 15) is 19.5 Å². The van der Waals surface area contributed by atoms with Crippen LogP contribution in [-0.2, 0) is 19.1 Å². The summed E-state index contributed by atoms with van der Waals surface area (Å²) in [4.78, 5) is 39.4. The van der Waals surface area contributed by atoms with Crippen molar-refractivity contribution in [1.82, 2.24) is 10.2 Å². The van der Waals surface area contributed by atoms with Crippen LogP contribution >= 0.6 is 0 Å². The van der Waals surface area contributed by atoms with Crippen molar-refractivity contribution in [2.45, 2.75) is 78.5 Å². The highest BCUT2D eigenvalue weighted by molar-refractivity contribution is 5.91. The molecule has 0 bridgehead atoms. The Morgan fingerprint density at radius 2 is 1.79 bits per heavy atom. The summed E-state index contributed by atoms with van der Waals surface area (Å²) >= 11 is 0. The van der Waals surface area contributed by atoms with Gasteiger partial charge in [-0.1, -0.05) is 41.0 Å². The van der Waals surface area contributed by atoms with E-state index in [0.29, 0.717) is 25.7 Å². The number of hydrogen-bond acceptors (Lipinski definition) is 5. The summed E-state index contributed by atoms with van der Waals surface area (Å²) in [6, 6.07) is -1.55. The molecule has 1 unspecified atom stereocenters. The van der Waals surface area contributed by atoms with Crippen molar-refractivity contribution in [1.29, 1.82) is 0 Å². The second kappa shape index (κ2) is 13.2. The Morgan fingerprint density at radius 1 is 1.21 bits per heavy atom. The number of amides is 2. The number of rotatable bonds is 12. The normalized spacial score (nSPS) is 16.1. The van der Waals surface area contributed by atoms with Crippen molar-refractivity contribution in [3.05, 3.63) is 0 Å². The number of unbranched alkanes of at least 4 members (excludes halogenated alkanes) is 1. The zero-order valence-corrected chi connectivity index (χ0v) is 18.9. The number of hydrogen-bond donors (Lipinski definition) is 2. The summed E-state index contributed by atoms with van der Waals surface area (Å²) in [5.74, 6) is 0.269. The van der Waals surface area contributed by atoms with E-state index >= 15 is 0 Å². The standard InChI is InChI=1S/C22H38N2O5/c1-9-11-12-13-17(25)16(6)20(26)23-18(14(3)4)21(27)24(7)19(15(5)10-2)22(28)29-8/h1,14-19,25H,10-13H2,2-8H3,(H,23,26)/t15-,16?,17-,18-,19-/m0/s1. The molecule has 0 aliphatic rings. The Bertz CT molecular complexity index is 584. The highest BCUT2D eigenvalue weighted by Gasteiger charge is 2.37. The molecule has 5 atom stereocenters. The molecule has 2 N–H and O–H groups in total. The zero-order valence-electron chi connectivity index (χ0n) is 18.9. The van der Waals surface area contributed by atoms with E-state index in [2.05, 4.69) is 11.2 Å². The second-order valence-electron chi connectivity index (χ2n) is 7.99. The third kappa shape index (κ3) is 8.06. The van der Waals surface area contributed by atoms with Gasteiger partial charge in [-0.05, 0) is 24.7 Å². The minimum Gasteiger partial charge on any atom is -0.467 e. The quantitative estimate of drug-likeness (QED) is 0.291. The number of likely N-dealkylation sites (N-methyl/N-ethyl adjacent to an activating group) is 1. The summed E-state index contributed by atoms with van der Waals surface area (Å²) in [5, 5.41) is 13.0. The van der Waals surface area contributed by atoms with Crippen LogP contribution in [0.15, 0.2) is 0 Å². The minimum atomic E-state index is -0.841. The number of esters is 1. The molecule has 7 nitrogen and oxygen atoms in total. The van der Waals surface area contributed by atoms with Crippen molar-refractivity contribution in [3.8, 4) is 12.3 Å². The van der Waals surface area contributed by atoms with Crippen LogP contribution in [0.25, 0.3) is 0 Å². The van der Waals surface area contributed by atoms with Gasteiger partial charge < -0.3 is 20.1 Å². The summed E-state index contributed by atoms with van der Waals surface area (Å²) < 4.78 is 4.88. The van der Waals surface area contributed by atoms with Gasteiger partial charge in [0.15, 0.2) is 0 Å². The number of aliphatic hydroxyl groups excluding tert-OH is 1. The van der Waals surface area contributed by atoms with Crippen LogP contribution in [0.4, 0.5) is 0 Å². The fourth-order valence-corrected chi connectivity index (χ4v) is 3.11. The molecule has 0 rings (SSSR count). The molecule has 7 heteroatoms. The number of ether oxygens (including phenoxy) is 1. The molecular weight excluding hydrogens is 372 g/mol. The SMILES string of the molecule is C#CCCC[C@H](O)C(C)C(=O)N[C@H](C(=O)N(C)[C@H](C(=O)OC)[C@@H](C)CC)C(C)C. The molecule has 166 valence electrons. The maximum atomic E-state index is 13.1. The van der Waals surface area contributed by atoms with E-state index in [-0.39, 0.29) is 17.7 Å². The predicted molar refractivity (Wildman–Crippen MR) is 113 cm³/mol. The van der Waals surface area contributed by atoms with Crippen LogP contribution in [0.2, 0.25) is 0 Å². The first-order valence-corrected chi connectivity index (χ1v) is 10.3. The van der Waals surface area contributed by atoms with Gasteiger partial charge in [-0.25, -0.2) is 4.79 Å². The number of aliphatic hydroxyl groups is 1. The summed E-state index contributed by atoms with van der Waals surface area (Å²) in [7, 11) is 2.84. The minimum absolute atomic E-state index is 0.100. The van der Waals surface area contributed by atoms with Crippen molar-refractivity contribution < 1.29 is 24.2 Å². The topological polar surface area (TPSA) is 95.9 Å². The Labute approximate surface area is 175 Å². The van der Waals surface area contributed by atoms with E-state index in [1.54, 1.807) is 14.0 Å². The molecule has 0 aliphatic heterocycles. The van der Waals surface area contributed by atoms with Crippen LogP contribution < -0.4 is 5.32 Å². The van der Waals surface area contributed by atoms with Gasteiger partial charge in [0.1, 0.15) is 12.1 Å². The van der Waals surface area contributed by atoms with Gasteiger partial charge >= 0.3 is 5.97 Å². The first-order valence-electron chi connectivity index (χ1n) is 10.3. The number of methoxy groups -OCH3 is 1. The van der Waals surface area contributed by atoms with Crippen LogP contribution in [0.5, 0.6) is 0 Å². The summed E-state index contributed by atoms with van der Waals surface area (Å²) in [6.45, 7) is 9.08. The third-order valence-electron chi connectivity index (χ3n) is 5.43. The Balaban J connectivity index is 5.33. The van der Waals surface area contributed by atoms with Crippen LogP contribution in [0, 0.1) is 30.1 Å². The molecule has 0 saturated heterocycles. The molecule has 0 saturated carbocycles.